The Kier molecular flexibility index (Phi) is 6.74. The second kappa shape index (κ2) is 9.68. The molecule has 2 fully saturated rings. The molecule has 1 aromatic carbocycles. The van der Waals surface area contributed by atoms with Crippen LogP contribution in [0.1, 0.15) is 60.5 Å². The summed E-state index contributed by atoms with van der Waals surface area (Å²) in [5, 5.41) is 6.61. The van der Waals surface area contributed by atoms with Crippen LogP contribution in [0.5, 0.6) is 0 Å². The van der Waals surface area contributed by atoms with E-state index in [1.165, 1.54) is 19.0 Å². The molecule has 0 unspecified atom stereocenters. The van der Waals surface area contributed by atoms with Crippen LogP contribution in [0.2, 0.25) is 0 Å². The molecule has 2 aliphatic rings. The van der Waals surface area contributed by atoms with Crippen molar-refractivity contribution in [3.8, 4) is 10.6 Å². The molecule has 7 nitrogen and oxygen atoms in total. The Morgan fingerprint density at radius 2 is 1.97 bits per heavy atom. The van der Waals surface area contributed by atoms with Crippen molar-refractivity contribution in [2.45, 2.75) is 44.4 Å². The third-order valence-electron chi connectivity index (χ3n) is 5.97. The molecule has 0 spiro atoms. The van der Waals surface area contributed by atoms with Gasteiger partial charge in [-0.3, -0.25) is 14.7 Å². The van der Waals surface area contributed by atoms with Gasteiger partial charge in [0.1, 0.15) is 21.5 Å². The molecule has 1 amide bonds. The van der Waals surface area contributed by atoms with E-state index < -0.39 is 5.91 Å². The number of carbonyl (C=O) groups excluding carboxylic acids is 1. The fourth-order valence-corrected chi connectivity index (χ4v) is 4.96. The molecule has 32 heavy (non-hydrogen) atoms. The molecule has 1 aromatic heterocycles. The Labute approximate surface area is 191 Å². The maximum atomic E-state index is 14.7. The van der Waals surface area contributed by atoms with Crippen molar-refractivity contribution in [3.05, 3.63) is 47.2 Å². The van der Waals surface area contributed by atoms with Crippen LogP contribution in [-0.4, -0.2) is 41.4 Å². The first-order chi connectivity index (χ1) is 15.5. The predicted molar refractivity (Wildman–Crippen MR) is 126 cm³/mol. The molecule has 2 aromatic rings. The summed E-state index contributed by atoms with van der Waals surface area (Å²) in [6.45, 7) is 1.78. The standard InChI is InChI=1S/C23H29FN6OS/c1-27-21(30-10-4-2-3-5-11-30)18(13-25)28-22(31)19-20(26)32-23(29-19)16-9-8-15(12-17(16)24)14-6-7-14/h8-9,12-14H,2-7,10-11H2,1H3,(H5,25,26,27,28,31)/p+1. The average molecular weight is 458 g/mol. The van der Waals surface area contributed by atoms with Gasteiger partial charge in [-0.05, 0) is 62.1 Å². The lowest BCUT2D eigenvalue weighted by Gasteiger charge is -2.13. The molecule has 0 radical (unpaired) electrons. The Balaban J connectivity index is 1.55. The van der Waals surface area contributed by atoms with E-state index >= 15 is 0 Å². The molecule has 0 bridgehead atoms. The molecule has 4 rings (SSSR count). The van der Waals surface area contributed by atoms with Crippen molar-refractivity contribution in [1.29, 1.82) is 0 Å². The van der Waals surface area contributed by atoms with Crippen molar-refractivity contribution >= 4 is 28.1 Å². The van der Waals surface area contributed by atoms with Crippen molar-refractivity contribution in [2.75, 3.05) is 25.9 Å². The monoisotopic (exact) mass is 457 g/mol. The van der Waals surface area contributed by atoms with E-state index in [0.29, 0.717) is 22.2 Å². The highest BCUT2D eigenvalue weighted by Crippen LogP contribution is 2.41. The molecule has 1 saturated carbocycles. The second-order valence-electron chi connectivity index (χ2n) is 8.28. The number of hydrogen-bond acceptors (Lipinski definition) is 5. The molecular weight excluding hydrogens is 427 g/mol. The summed E-state index contributed by atoms with van der Waals surface area (Å²) >= 11 is 1.10. The first-order valence-electron chi connectivity index (χ1n) is 11.1. The van der Waals surface area contributed by atoms with Crippen molar-refractivity contribution in [2.24, 2.45) is 5.73 Å². The first kappa shape index (κ1) is 22.3. The highest BCUT2D eigenvalue weighted by molar-refractivity contribution is 7.19. The first-order valence-corrected chi connectivity index (χ1v) is 11.9. The maximum absolute atomic E-state index is 14.7. The lowest BCUT2D eigenvalue weighted by molar-refractivity contribution is -0.527. The van der Waals surface area contributed by atoms with E-state index in [9.17, 15) is 9.18 Å². The van der Waals surface area contributed by atoms with E-state index in [1.54, 1.807) is 19.2 Å². The minimum absolute atomic E-state index is 0.0707. The summed E-state index contributed by atoms with van der Waals surface area (Å²) in [6.07, 6.45) is 8.14. The van der Waals surface area contributed by atoms with Gasteiger partial charge in [-0.2, -0.15) is 0 Å². The summed E-state index contributed by atoms with van der Waals surface area (Å²) < 4.78 is 16.9. The number of thiazole rings is 1. The van der Waals surface area contributed by atoms with E-state index in [1.807, 2.05) is 6.07 Å². The van der Waals surface area contributed by atoms with Crippen molar-refractivity contribution in [1.82, 2.24) is 15.6 Å². The van der Waals surface area contributed by atoms with Gasteiger partial charge in [0.05, 0.1) is 20.1 Å². The van der Waals surface area contributed by atoms with Gasteiger partial charge in [0.15, 0.2) is 5.69 Å². The van der Waals surface area contributed by atoms with Crippen LogP contribution in [0.4, 0.5) is 9.39 Å². The highest BCUT2D eigenvalue weighted by Gasteiger charge is 2.26. The van der Waals surface area contributed by atoms with Gasteiger partial charge >= 0.3 is 0 Å². The maximum Gasteiger partial charge on any atom is 0.295 e. The zero-order chi connectivity index (χ0) is 22.7. The number of benzene rings is 1. The normalized spacial score (nSPS) is 17.1. The number of nitrogen functional groups attached to an aromatic ring is 1. The molecular formula is C23H30FN6OS+. The van der Waals surface area contributed by atoms with E-state index in [-0.39, 0.29) is 16.5 Å². The number of halogens is 1. The lowest BCUT2D eigenvalue weighted by Crippen LogP contribution is -2.41. The third kappa shape index (κ3) is 4.77. The van der Waals surface area contributed by atoms with Gasteiger partial charge in [-0.1, -0.05) is 17.4 Å². The second-order valence-corrected chi connectivity index (χ2v) is 9.31. The van der Waals surface area contributed by atoms with E-state index in [0.717, 1.165) is 61.5 Å². The Morgan fingerprint density at radius 1 is 1.25 bits per heavy atom. The average Bonchev–Trinajstić information content (AvgIpc) is 3.60. The quantitative estimate of drug-likeness (QED) is 0.407. The number of amidine groups is 1. The van der Waals surface area contributed by atoms with Crippen molar-refractivity contribution in [3.63, 3.8) is 0 Å². The van der Waals surface area contributed by atoms with Crippen LogP contribution in [0.25, 0.3) is 10.6 Å². The summed E-state index contributed by atoms with van der Waals surface area (Å²) in [5.41, 5.74) is 13.9. The summed E-state index contributed by atoms with van der Waals surface area (Å²) in [6, 6.07) is 5.22. The molecule has 1 aliphatic heterocycles. The fraction of sp³-hybridized carbons (Fsp3) is 0.435. The Morgan fingerprint density at radius 3 is 2.56 bits per heavy atom. The summed E-state index contributed by atoms with van der Waals surface area (Å²) in [7, 11) is 1.80. The fourth-order valence-electron chi connectivity index (χ4n) is 4.10. The lowest BCUT2D eigenvalue weighted by atomic mass is 10.1. The van der Waals surface area contributed by atoms with Crippen molar-refractivity contribution < 1.29 is 13.8 Å². The zero-order valence-electron chi connectivity index (χ0n) is 18.3. The topological polar surface area (TPSA) is 109 Å². The molecule has 9 heteroatoms. The number of carbonyl (C=O) groups is 1. The smallest absolute Gasteiger partial charge is 0.295 e. The van der Waals surface area contributed by atoms with Crippen LogP contribution in [-0.2, 0) is 0 Å². The molecule has 170 valence electrons. The molecule has 2 heterocycles. The minimum atomic E-state index is -0.473. The highest BCUT2D eigenvalue weighted by atomic mass is 32.1. The van der Waals surface area contributed by atoms with E-state index in [4.69, 9.17) is 11.5 Å². The number of likely N-dealkylation sites (N-methyl/N-ethyl adjacent to an activating group) is 1. The van der Waals surface area contributed by atoms with Crippen LogP contribution in [0.15, 0.2) is 30.1 Å². The van der Waals surface area contributed by atoms with Gasteiger partial charge in [0.25, 0.3) is 11.7 Å². The van der Waals surface area contributed by atoms with Gasteiger partial charge in [0, 0.05) is 11.8 Å². The Hall–Kier alpha value is -2.94. The SMILES string of the molecule is CNC(C(=CN)NC(=O)c1nc(-c2ccc(C3CC3)cc2F)sc1N)=[N+]1CCCCCC1. The number of amides is 1. The molecule has 6 N–H and O–H groups in total. The number of anilines is 1. The number of hydrogen-bond donors (Lipinski definition) is 4. The largest absolute Gasteiger partial charge is 0.403 e. The zero-order valence-corrected chi connectivity index (χ0v) is 19.1. The predicted octanol–water partition coefficient (Wildman–Crippen LogP) is 3.14. The minimum Gasteiger partial charge on any atom is -0.403 e. The number of rotatable bonds is 5. The number of nitrogens with zero attached hydrogens (tertiary/aromatic N) is 2. The number of nitrogens with two attached hydrogens (primary N) is 2. The summed E-state index contributed by atoms with van der Waals surface area (Å²) in [4.78, 5) is 17.4. The van der Waals surface area contributed by atoms with Crippen LogP contribution in [0, 0.1) is 5.82 Å². The van der Waals surface area contributed by atoms with E-state index in [2.05, 4.69) is 20.2 Å². The van der Waals surface area contributed by atoms with Crippen LogP contribution in [0.3, 0.4) is 0 Å². The summed E-state index contributed by atoms with van der Waals surface area (Å²) in [5.74, 6) is 0.409. The van der Waals surface area contributed by atoms with Gasteiger partial charge in [-0.25, -0.2) is 9.37 Å². The molecule has 1 aliphatic carbocycles. The Bertz CT molecular complexity index is 1060. The van der Waals surface area contributed by atoms with Gasteiger partial charge in [-0.15, -0.1) is 0 Å². The van der Waals surface area contributed by atoms with Crippen LogP contribution >= 0.6 is 11.3 Å². The van der Waals surface area contributed by atoms with Gasteiger partial charge < -0.3 is 16.8 Å². The molecule has 1 saturated heterocycles. The van der Waals surface area contributed by atoms with Crippen LogP contribution < -0.4 is 22.1 Å². The number of aromatic nitrogens is 1. The number of nitrogens with one attached hydrogen (secondary N) is 2. The van der Waals surface area contributed by atoms with Gasteiger partial charge in [0.2, 0.25) is 0 Å². The third-order valence-corrected chi connectivity index (χ3v) is 6.89. The molecule has 0 atom stereocenters.